The highest BCUT2D eigenvalue weighted by molar-refractivity contribution is 7.99. The Balaban J connectivity index is 1.45. The molecule has 5 heteroatoms. The summed E-state index contributed by atoms with van der Waals surface area (Å²) in [6, 6.07) is 25.3. The second-order valence-electron chi connectivity index (χ2n) is 7.86. The van der Waals surface area contributed by atoms with E-state index in [2.05, 4.69) is 95.5 Å². The van der Waals surface area contributed by atoms with E-state index in [4.69, 9.17) is 16.6 Å². The molecule has 2 heterocycles. The van der Waals surface area contributed by atoms with Crippen molar-refractivity contribution in [1.29, 1.82) is 0 Å². The average Bonchev–Trinajstić information content (AvgIpc) is 3.33. The van der Waals surface area contributed by atoms with E-state index in [1.165, 1.54) is 37.7 Å². The normalized spacial score (nSPS) is 13.6. The van der Waals surface area contributed by atoms with E-state index in [0.29, 0.717) is 0 Å². The second-order valence-corrected chi connectivity index (χ2v) is 10.2. The maximum Gasteiger partial charge on any atom is 0.0668 e. The first-order valence-electron chi connectivity index (χ1n) is 10.8. The van der Waals surface area contributed by atoms with Crippen LogP contribution in [0.15, 0.2) is 104 Å². The van der Waals surface area contributed by atoms with Gasteiger partial charge in [0.15, 0.2) is 0 Å². The minimum absolute atomic E-state index is 0.754. The van der Waals surface area contributed by atoms with Crippen molar-refractivity contribution in [3.8, 4) is 11.1 Å². The van der Waals surface area contributed by atoms with Gasteiger partial charge in [-0.25, -0.2) is 0 Å². The van der Waals surface area contributed by atoms with Crippen LogP contribution in [0.3, 0.4) is 0 Å². The number of thiophene rings is 1. The molecule has 0 saturated heterocycles. The lowest BCUT2D eigenvalue weighted by atomic mass is 10.0. The van der Waals surface area contributed by atoms with Crippen molar-refractivity contribution in [2.24, 2.45) is 4.99 Å². The van der Waals surface area contributed by atoms with Crippen LogP contribution in [-0.2, 0) is 0 Å². The number of benzene rings is 3. The number of anilines is 1. The smallest absolute Gasteiger partial charge is 0.0668 e. The monoisotopic (exact) mass is 486 g/mol. The molecule has 0 bridgehead atoms. The Bertz CT molecular complexity index is 1310. The van der Waals surface area contributed by atoms with Gasteiger partial charge in [0.25, 0.3) is 0 Å². The van der Waals surface area contributed by atoms with Gasteiger partial charge in [0.05, 0.1) is 12.3 Å². The summed E-state index contributed by atoms with van der Waals surface area (Å²) in [6.45, 7) is 1.68. The van der Waals surface area contributed by atoms with E-state index in [1.807, 2.05) is 12.1 Å². The van der Waals surface area contributed by atoms with Gasteiger partial charge in [0.1, 0.15) is 0 Å². The van der Waals surface area contributed by atoms with Crippen LogP contribution in [-0.4, -0.2) is 25.8 Å². The molecule has 3 aromatic carbocycles. The topological polar surface area (TPSA) is 15.6 Å². The van der Waals surface area contributed by atoms with Crippen LogP contribution in [0, 0.1) is 0 Å². The summed E-state index contributed by atoms with van der Waals surface area (Å²) in [6.07, 6.45) is 4.34. The molecule has 0 saturated carbocycles. The van der Waals surface area contributed by atoms with Crippen molar-refractivity contribution in [1.82, 2.24) is 0 Å². The summed E-state index contributed by atoms with van der Waals surface area (Å²) in [5.74, 6) is 0. The van der Waals surface area contributed by atoms with Crippen molar-refractivity contribution < 1.29 is 0 Å². The minimum Gasteiger partial charge on any atom is -0.372 e. The van der Waals surface area contributed by atoms with Crippen LogP contribution < -0.4 is 4.90 Å². The number of aliphatic imine (C=N–C) groups is 1. The zero-order valence-corrected chi connectivity index (χ0v) is 20.6. The van der Waals surface area contributed by atoms with Crippen molar-refractivity contribution >= 4 is 52.2 Å². The molecule has 0 N–H and O–H groups in total. The molecule has 1 aromatic heterocycles. The summed E-state index contributed by atoms with van der Waals surface area (Å²) in [7, 11) is 2.15. The Kier molecular flexibility index (Phi) is 6.68. The molecule has 5 rings (SSSR count). The minimum atomic E-state index is 0.754. The van der Waals surface area contributed by atoms with Gasteiger partial charge < -0.3 is 4.90 Å². The molecule has 0 aliphatic carbocycles. The largest absolute Gasteiger partial charge is 0.372 e. The van der Waals surface area contributed by atoms with E-state index in [-0.39, 0.29) is 0 Å². The number of fused-ring (bicyclic) bond motifs is 1. The first kappa shape index (κ1) is 22.0. The molecule has 0 radical (unpaired) electrons. The highest BCUT2D eigenvalue weighted by Gasteiger charge is 2.16. The number of hydrogen-bond donors (Lipinski definition) is 0. The quantitative estimate of drug-likeness (QED) is 0.282. The summed E-state index contributed by atoms with van der Waals surface area (Å²) >= 11 is 9.52. The molecule has 0 amide bonds. The number of nitrogens with zero attached hydrogens (tertiary/aromatic N) is 2. The lowest BCUT2D eigenvalue weighted by molar-refractivity contribution is 0.897. The number of allylic oxidation sites excluding steroid dienone is 1. The van der Waals surface area contributed by atoms with E-state index in [1.54, 1.807) is 23.1 Å². The van der Waals surface area contributed by atoms with Gasteiger partial charge in [-0.3, -0.25) is 4.99 Å². The van der Waals surface area contributed by atoms with Crippen LogP contribution in [0.4, 0.5) is 5.69 Å². The maximum absolute atomic E-state index is 6.05. The molecule has 164 valence electrons. The van der Waals surface area contributed by atoms with E-state index >= 15 is 0 Å². The van der Waals surface area contributed by atoms with Gasteiger partial charge in [0, 0.05) is 39.7 Å². The summed E-state index contributed by atoms with van der Waals surface area (Å²) in [5.41, 5.74) is 7.11. The lowest BCUT2D eigenvalue weighted by Gasteiger charge is -2.20. The summed E-state index contributed by atoms with van der Waals surface area (Å²) in [5, 5.41) is 5.08. The fraction of sp³-hybridized carbons (Fsp3) is 0.107. The van der Waals surface area contributed by atoms with Crippen LogP contribution in [0.2, 0.25) is 5.02 Å². The third-order valence-electron chi connectivity index (χ3n) is 5.64. The molecule has 0 unspecified atom stereocenters. The predicted molar refractivity (Wildman–Crippen MR) is 145 cm³/mol. The molecule has 0 fully saturated rings. The predicted octanol–water partition coefficient (Wildman–Crippen LogP) is 8.17. The molecule has 2 nitrogen and oxygen atoms in total. The van der Waals surface area contributed by atoms with Gasteiger partial charge in [-0.2, -0.15) is 11.3 Å². The second kappa shape index (κ2) is 10.0. The van der Waals surface area contributed by atoms with Crippen molar-refractivity contribution in [3.05, 3.63) is 106 Å². The molecular weight excluding hydrogens is 464 g/mol. The number of likely N-dealkylation sites (N-methyl/N-ethyl adjacent to an activating group) is 1. The highest BCUT2D eigenvalue weighted by Crippen LogP contribution is 2.33. The van der Waals surface area contributed by atoms with Gasteiger partial charge in [-0.05, 0) is 76.0 Å². The van der Waals surface area contributed by atoms with Crippen molar-refractivity contribution in [3.63, 3.8) is 0 Å². The third-order valence-corrected chi connectivity index (χ3v) is 7.67. The van der Waals surface area contributed by atoms with Gasteiger partial charge in [0.2, 0.25) is 0 Å². The maximum atomic E-state index is 6.05. The van der Waals surface area contributed by atoms with Crippen molar-refractivity contribution in [2.75, 3.05) is 25.0 Å². The fourth-order valence-electron chi connectivity index (χ4n) is 3.85. The summed E-state index contributed by atoms with van der Waals surface area (Å²) < 4.78 is 0. The summed E-state index contributed by atoms with van der Waals surface area (Å²) in [4.78, 5) is 9.59. The molecule has 0 atom stereocenters. The van der Waals surface area contributed by atoms with Crippen LogP contribution in [0.1, 0.15) is 11.1 Å². The van der Waals surface area contributed by atoms with Crippen molar-refractivity contribution in [2.45, 2.75) is 9.79 Å². The van der Waals surface area contributed by atoms with Gasteiger partial charge in [-0.1, -0.05) is 59.8 Å². The van der Waals surface area contributed by atoms with Gasteiger partial charge in [-0.15, -0.1) is 0 Å². The molecule has 4 aromatic rings. The Morgan fingerprint density at radius 2 is 1.82 bits per heavy atom. The Labute approximate surface area is 208 Å². The molecule has 1 aliphatic rings. The van der Waals surface area contributed by atoms with Crippen LogP contribution >= 0.6 is 34.7 Å². The number of rotatable bonds is 5. The zero-order valence-electron chi connectivity index (χ0n) is 18.2. The molecule has 1 aliphatic heterocycles. The third kappa shape index (κ3) is 5.09. The van der Waals surface area contributed by atoms with Crippen LogP contribution in [0.5, 0.6) is 0 Å². The van der Waals surface area contributed by atoms with E-state index < -0.39 is 0 Å². The molecule has 33 heavy (non-hydrogen) atoms. The van der Waals surface area contributed by atoms with Crippen LogP contribution in [0.25, 0.3) is 17.2 Å². The molecule has 0 spiro atoms. The zero-order chi connectivity index (χ0) is 22.6. The fourth-order valence-corrected chi connectivity index (χ4v) is 5.57. The SMILES string of the molecule is CN1CCN=C(C=Cc2ccccc2Sc2ccc(Cl)cc2)c2ccc(-c3ccsc3)cc21. The number of benzodiazepines with no additional fused rings is 1. The number of halogens is 1. The Morgan fingerprint density at radius 3 is 2.64 bits per heavy atom. The van der Waals surface area contributed by atoms with E-state index in [9.17, 15) is 0 Å². The van der Waals surface area contributed by atoms with Gasteiger partial charge >= 0.3 is 0 Å². The van der Waals surface area contributed by atoms with E-state index in [0.717, 1.165) is 23.8 Å². The first-order chi connectivity index (χ1) is 16.2. The standard InChI is InChI=1S/C28H23ClN2S2/c1-31-16-15-30-26(25-12-6-21(18-27(25)31)22-14-17-32-19-22)13-7-20-4-2-3-5-28(20)33-24-10-8-23(29)9-11-24/h2-14,17-19H,15-16H2,1H3. The lowest BCUT2D eigenvalue weighted by Crippen LogP contribution is -2.20. The highest BCUT2D eigenvalue weighted by atomic mass is 35.5. The average molecular weight is 487 g/mol. The Hall–Kier alpha value is -2.79. The Morgan fingerprint density at radius 1 is 0.970 bits per heavy atom. The first-order valence-corrected chi connectivity index (χ1v) is 12.9. The molecular formula is C28H23ClN2S2. The number of hydrogen-bond acceptors (Lipinski definition) is 4.